The van der Waals surface area contributed by atoms with Crippen LogP contribution in [0.1, 0.15) is 97.9 Å². The van der Waals surface area contributed by atoms with Crippen molar-refractivity contribution < 1.29 is 4.79 Å². The number of rotatable bonds is 4. The van der Waals surface area contributed by atoms with Crippen LogP contribution in [0.4, 0.5) is 0 Å². The van der Waals surface area contributed by atoms with E-state index in [-0.39, 0.29) is 16.7 Å². The molecule has 28 heavy (non-hydrogen) atoms. The first-order valence-corrected chi connectivity index (χ1v) is 10.6. The molecule has 0 unspecified atom stereocenters. The Balaban J connectivity index is 0.000000769. The van der Waals surface area contributed by atoms with Crippen molar-refractivity contribution in [2.45, 2.75) is 99.8 Å². The molecule has 1 aromatic carbocycles. The average Bonchev–Trinajstić information content (AvgIpc) is 2.51. The summed E-state index contributed by atoms with van der Waals surface area (Å²) in [6.45, 7) is 26.1. The molecule has 0 aromatic heterocycles. The van der Waals surface area contributed by atoms with E-state index < -0.39 is 0 Å². The fraction of sp³-hybridized carbons (Fsp3) is 0.720. The lowest BCUT2D eigenvalue weighted by Gasteiger charge is -2.30. The number of nitrogens with two attached hydrogens (primary N) is 1. The van der Waals surface area contributed by atoms with Gasteiger partial charge >= 0.3 is 0 Å². The third kappa shape index (κ3) is 9.73. The smallest absolute Gasteiger partial charge is 0.219 e. The van der Waals surface area contributed by atoms with Gasteiger partial charge in [-0.3, -0.25) is 4.79 Å². The summed E-state index contributed by atoms with van der Waals surface area (Å²) >= 11 is 0. The highest BCUT2D eigenvalue weighted by Gasteiger charge is 2.24. The fourth-order valence-electron chi connectivity index (χ4n) is 3.08. The van der Waals surface area contributed by atoms with Gasteiger partial charge in [-0.15, -0.1) is 0 Å². The van der Waals surface area contributed by atoms with Crippen molar-refractivity contribution in [3.8, 4) is 0 Å². The molecule has 0 spiro atoms. The zero-order valence-corrected chi connectivity index (χ0v) is 20.5. The van der Waals surface area contributed by atoms with Crippen LogP contribution in [0.5, 0.6) is 0 Å². The molecule has 0 saturated heterocycles. The number of benzene rings is 1. The third-order valence-electron chi connectivity index (χ3n) is 4.70. The molecule has 0 saturated carbocycles. The normalized spacial score (nSPS) is 12.3. The van der Waals surface area contributed by atoms with Gasteiger partial charge in [0.15, 0.2) is 0 Å². The Bertz CT molecular complexity index is 626. The van der Waals surface area contributed by atoms with Crippen LogP contribution in [-0.4, -0.2) is 19.0 Å². The van der Waals surface area contributed by atoms with Gasteiger partial charge < -0.3 is 11.1 Å². The molecule has 1 rings (SSSR count). The van der Waals surface area contributed by atoms with Crippen LogP contribution in [0.2, 0.25) is 0 Å². The lowest BCUT2D eigenvalue weighted by atomic mass is 9.75. The fourth-order valence-corrected chi connectivity index (χ4v) is 3.08. The van der Waals surface area contributed by atoms with Crippen molar-refractivity contribution >= 4 is 5.91 Å². The van der Waals surface area contributed by atoms with Gasteiger partial charge in [-0.25, -0.2) is 0 Å². The summed E-state index contributed by atoms with van der Waals surface area (Å²) in [4.78, 5) is 10.4. The zero-order chi connectivity index (χ0) is 22.3. The molecule has 0 radical (unpaired) electrons. The predicted molar refractivity (Wildman–Crippen MR) is 124 cm³/mol. The minimum atomic E-state index is 0.0652. The highest BCUT2D eigenvalue weighted by molar-refractivity contribution is 5.75. The second-order valence-electron chi connectivity index (χ2n) is 11.0. The standard InChI is InChI=1S/C20H34.C5H12N2O/c1-14-15(13-18(2,3)4)11-16(19(5,6)7)12-17(14)20(8,9)10;1-2-5(8)7-4-3-6/h11-12H,13H2,1-10H3;2-4,6H2,1H3,(H,7,8). The van der Waals surface area contributed by atoms with Crippen LogP contribution in [0.3, 0.4) is 0 Å². The van der Waals surface area contributed by atoms with Crippen LogP contribution in [0.25, 0.3) is 0 Å². The van der Waals surface area contributed by atoms with E-state index in [1.54, 1.807) is 0 Å². The Morgan fingerprint density at radius 3 is 1.86 bits per heavy atom. The van der Waals surface area contributed by atoms with Crippen molar-refractivity contribution in [2.24, 2.45) is 11.1 Å². The Morgan fingerprint density at radius 2 is 1.50 bits per heavy atom. The lowest BCUT2D eigenvalue weighted by molar-refractivity contribution is -0.120. The van der Waals surface area contributed by atoms with Crippen molar-refractivity contribution in [1.29, 1.82) is 0 Å². The Kier molecular flexibility index (Phi) is 9.93. The van der Waals surface area contributed by atoms with Crippen molar-refractivity contribution in [1.82, 2.24) is 5.32 Å². The van der Waals surface area contributed by atoms with Gasteiger partial charge in [-0.2, -0.15) is 0 Å². The van der Waals surface area contributed by atoms with Crippen molar-refractivity contribution in [3.63, 3.8) is 0 Å². The topological polar surface area (TPSA) is 55.1 Å². The highest BCUT2D eigenvalue weighted by atomic mass is 16.1. The minimum absolute atomic E-state index is 0.0652. The first-order chi connectivity index (χ1) is 12.5. The summed E-state index contributed by atoms with van der Waals surface area (Å²) in [7, 11) is 0. The zero-order valence-electron chi connectivity index (χ0n) is 20.5. The van der Waals surface area contributed by atoms with Gasteiger partial charge in [0.2, 0.25) is 5.91 Å². The van der Waals surface area contributed by atoms with E-state index in [4.69, 9.17) is 5.73 Å². The second kappa shape index (κ2) is 10.4. The predicted octanol–water partition coefficient (Wildman–Crippen LogP) is 5.65. The van der Waals surface area contributed by atoms with Gasteiger partial charge in [0.05, 0.1) is 0 Å². The molecule has 1 amide bonds. The average molecular weight is 391 g/mol. The number of amides is 1. The maximum atomic E-state index is 10.4. The molecule has 0 fully saturated rings. The van der Waals surface area contributed by atoms with Crippen molar-refractivity contribution in [2.75, 3.05) is 13.1 Å². The SMILES string of the molecule is CCC(=O)NCCN.Cc1c(CC(C)(C)C)cc(C(C)(C)C)cc1C(C)(C)C. The van der Waals surface area contributed by atoms with E-state index >= 15 is 0 Å². The molecule has 3 nitrogen and oxygen atoms in total. The molecule has 0 aliphatic heterocycles. The number of carbonyl (C=O) groups is 1. The molecule has 3 heteroatoms. The molecule has 0 atom stereocenters. The molecule has 3 N–H and O–H groups in total. The van der Waals surface area contributed by atoms with E-state index in [1.165, 1.54) is 22.3 Å². The van der Waals surface area contributed by atoms with E-state index in [0.717, 1.165) is 6.42 Å². The van der Waals surface area contributed by atoms with Gasteiger partial charge in [-0.1, -0.05) is 81.4 Å². The van der Waals surface area contributed by atoms with Crippen LogP contribution in [0.15, 0.2) is 12.1 Å². The monoisotopic (exact) mass is 390 g/mol. The van der Waals surface area contributed by atoms with E-state index in [1.807, 2.05) is 6.92 Å². The molecule has 0 aliphatic rings. The number of hydrogen-bond donors (Lipinski definition) is 2. The molecule has 1 aromatic rings. The van der Waals surface area contributed by atoms with Crippen LogP contribution in [0, 0.1) is 12.3 Å². The minimum Gasteiger partial charge on any atom is -0.355 e. The molecular formula is C25H46N2O. The summed E-state index contributed by atoms with van der Waals surface area (Å²) in [5, 5.41) is 2.62. The maximum Gasteiger partial charge on any atom is 0.219 e. The Morgan fingerprint density at radius 1 is 0.964 bits per heavy atom. The summed E-state index contributed by atoms with van der Waals surface area (Å²) in [5.74, 6) is 0.0652. The van der Waals surface area contributed by atoms with E-state index in [9.17, 15) is 4.79 Å². The van der Waals surface area contributed by atoms with Crippen molar-refractivity contribution in [3.05, 3.63) is 34.4 Å². The van der Waals surface area contributed by atoms with Crippen LogP contribution < -0.4 is 11.1 Å². The molecule has 0 aliphatic carbocycles. The summed E-state index contributed by atoms with van der Waals surface area (Å²) in [6, 6.07) is 4.87. The largest absolute Gasteiger partial charge is 0.355 e. The van der Waals surface area contributed by atoms with E-state index in [2.05, 4.69) is 86.7 Å². The highest BCUT2D eigenvalue weighted by Crippen LogP contribution is 2.35. The maximum absolute atomic E-state index is 10.4. The van der Waals surface area contributed by atoms with Gasteiger partial charge in [0.1, 0.15) is 0 Å². The third-order valence-corrected chi connectivity index (χ3v) is 4.70. The van der Waals surface area contributed by atoms with Gasteiger partial charge in [-0.05, 0) is 51.8 Å². The Labute approximate surface area is 174 Å². The number of nitrogens with one attached hydrogen (secondary N) is 1. The quantitative estimate of drug-likeness (QED) is 0.698. The molecule has 0 heterocycles. The first-order valence-electron chi connectivity index (χ1n) is 10.6. The van der Waals surface area contributed by atoms with Gasteiger partial charge in [0.25, 0.3) is 0 Å². The number of carbonyl (C=O) groups excluding carboxylic acids is 1. The van der Waals surface area contributed by atoms with Crippen LogP contribution >= 0.6 is 0 Å². The summed E-state index contributed by atoms with van der Waals surface area (Å²) in [6.07, 6.45) is 1.69. The lowest BCUT2D eigenvalue weighted by Crippen LogP contribution is -2.28. The molecule has 0 bridgehead atoms. The summed E-state index contributed by atoms with van der Waals surface area (Å²) < 4.78 is 0. The first kappa shape index (κ1) is 26.6. The van der Waals surface area contributed by atoms with Crippen LogP contribution in [-0.2, 0) is 22.0 Å². The van der Waals surface area contributed by atoms with E-state index in [0.29, 0.717) is 24.9 Å². The second-order valence-corrected chi connectivity index (χ2v) is 11.0. The van der Waals surface area contributed by atoms with Gasteiger partial charge in [0, 0.05) is 19.5 Å². The number of hydrogen-bond acceptors (Lipinski definition) is 2. The Hall–Kier alpha value is -1.35. The summed E-state index contributed by atoms with van der Waals surface area (Å²) in [5.41, 5.74) is 11.8. The molecule has 162 valence electrons. The molecular weight excluding hydrogens is 344 g/mol.